The predicted molar refractivity (Wildman–Crippen MR) is 83.9 cm³/mol. The fourth-order valence-corrected chi connectivity index (χ4v) is 2.54. The van der Waals surface area contributed by atoms with Crippen LogP contribution in [-0.4, -0.2) is 28.1 Å². The molecule has 1 atom stereocenters. The van der Waals surface area contributed by atoms with Gasteiger partial charge in [-0.15, -0.1) is 0 Å². The van der Waals surface area contributed by atoms with Crippen molar-refractivity contribution in [3.63, 3.8) is 0 Å². The highest BCUT2D eigenvalue weighted by molar-refractivity contribution is 6.01. The molecule has 2 aromatic rings. The zero-order valence-electron chi connectivity index (χ0n) is 12.1. The summed E-state index contributed by atoms with van der Waals surface area (Å²) in [6.45, 7) is 0.426. The van der Waals surface area contributed by atoms with Crippen molar-refractivity contribution < 1.29 is 9.59 Å². The van der Waals surface area contributed by atoms with Crippen LogP contribution >= 0.6 is 0 Å². The summed E-state index contributed by atoms with van der Waals surface area (Å²) in [4.78, 5) is 30.0. The minimum absolute atomic E-state index is 0.0166. The highest BCUT2D eigenvalue weighted by Crippen LogP contribution is 2.22. The minimum atomic E-state index is -0.294. The molecule has 2 heterocycles. The average molecular weight is 292 g/mol. The Kier molecular flexibility index (Phi) is 4.10. The summed E-state index contributed by atoms with van der Waals surface area (Å²) in [6.07, 6.45) is 7.08. The van der Waals surface area contributed by atoms with Crippen molar-refractivity contribution in [2.75, 3.05) is 6.54 Å². The number of aromatic nitrogens is 1. The highest BCUT2D eigenvalue weighted by Gasteiger charge is 2.33. The standard InChI is InChI=1S/C18H16N2O2/c21-17-11-16(18(22)15-7-4-9-19-12-15)13-20(17)10-8-14-5-2-1-3-6-14/h1-10,12,16H,11,13H2/t16-/m1/s1. The van der Waals surface area contributed by atoms with Gasteiger partial charge in [0.15, 0.2) is 5.78 Å². The number of benzene rings is 1. The van der Waals surface area contributed by atoms with Crippen molar-refractivity contribution in [1.29, 1.82) is 0 Å². The van der Waals surface area contributed by atoms with Crippen LogP contribution in [0.15, 0.2) is 61.1 Å². The predicted octanol–water partition coefficient (Wildman–Crippen LogP) is 2.78. The number of carbonyl (C=O) groups is 2. The Bertz CT molecular complexity index is 696. The fourth-order valence-electron chi connectivity index (χ4n) is 2.54. The summed E-state index contributed by atoms with van der Waals surface area (Å²) in [6, 6.07) is 13.2. The second-order valence-corrected chi connectivity index (χ2v) is 5.28. The first-order chi connectivity index (χ1) is 10.7. The van der Waals surface area contributed by atoms with Gasteiger partial charge < -0.3 is 4.90 Å². The molecule has 0 aliphatic carbocycles. The van der Waals surface area contributed by atoms with Crippen LogP contribution in [0.4, 0.5) is 0 Å². The number of hydrogen-bond acceptors (Lipinski definition) is 3. The summed E-state index contributed by atoms with van der Waals surface area (Å²) >= 11 is 0. The van der Waals surface area contributed by atoms with Gasteiger partial charge in [0, 0.05) is 43.0 Å². The molecule has 4 nitrogen and oxygen atoms in total. The van der Waals surface area contributed by atoms with E-state index in [1.807, 2.05) is 36.4 Å². The molecule has 1 aromatic carbocycles. The zero-order valence-corrected chi connectivity index (χ0v) is 12.1. The van der Waals surface area contributed by atoms with Gasteiger partial charge in [-0.2, -0.15) is 0 Å². The average Bonchev–Trinajstić information content (AvgIpc) is 2.95. The quantitative estimate of drug-likeness (QED) is 0.814. The number of hydrogen-bond donors (Lipinski definition) is 0. The number of pyridine rings is 1. The number of Topliss-reactive ketones (excluding diaryl/α,β-unsaturated/α-hetero) is 1. The maximum atomic E-state index is 12.4. The van der Waals surface area contributed by atoms with E-state index in [9.17, 15) is 9.59 Å². The van der Waals surface area contributed by atoms with Crippen LogP contribution in [0.3, 0.4) is 0 Å². The first-order valence-electron chi connectivity index (χ1n) is 7.21. The minimum Gasteiger partial charge on any atom is -0.318 e. The van der Waals surface area contributed by atoms with Crippen molar-refractivity contribution in [1.82, 2.24) is 9.88 Å². The van der Waals surface area contributed by atoms with Gasteiger partial charge in [-0.05, 0) is 23.8 Å². The lowest BCUT2D eigenvalue weighted by Crippen LogP contribution is -2.20. The molecule has 1 aliphatic heterocycles. The third-order valence-corrected chi connectivity index (χ3v) is 3.72. The van der Waals surface area contributed by atoms with Gasteiger partial charge in [-0.25, -0.2) is 0 Å². The molecule has 1 aromatic heterocycles. The molecule has 0 N–H and O–H groups in total. The van der Waals surface area contributed by atoms with Gasteiger partial charge in [0.05, 0.1) is 0 Å². The van der Waals surface area contributed by atoms with E-state index in [0.717, 1.165) is 5.56 Å². The van der Waals surface area contributed by atoms with Gasteiger partial charge in [-0.1, -0.05) is 30.3 Å². The van der Waals surface area contributed by atoms with Crippen LogP contribution in [0.2, 0.25) is 0 Å². The first-order valence-corrected chi connectivity index (χ1v) is 7.21. The van der Waals surface area contributed by atoms with Crippen molar-refractivity contribution in [2.45, 2.75) is 6.42 Å². The van der Waals surface area contributed by atoms with E-state index < -0.39 is 0 Å². The van der Waals surface area contributed by atoms with Gasteiger partial charge in [0.2, 0.25) is 5.91 Å². The number of carbonyl (C=O) groups excluding carboxylic acids is 2. The van der Waals surface area contributed by atoms with Crippen molar-refractivity contribution >= 4 is 17.8 Å². The Morgan fingerprint density at radius 3 is 2.73 bits per heavy atom. The molecule has 0 saturated carbocycles. The number of rotatable bonds is 4. The normalized spacial score (nSPS) is 18.1. The molecule has 3 rings (SSSR count). The number of nitrogens with zero attached hydrogens (tertiary/aromatic N) is 2. The Hall–Kier alpha value is -2.75. The molecule has 4 heteroatoms. The topological polar surface area (TPSA) is 50.3 Å². The van der Waals surface area contributed by atoms with E-state index in [4.69, 9.17) is 0 Å². The molecule has 1 saturated heterocycles. The van der Waals surface area contributed by atoms with E-state index in [0.29, 0.717) is 12.1 Å². The molecule has 22 heavy (non-hydrogen) atoms. The number of ketones is 1. The second-order valence-electron chi connectivity index (χ2n) is 5.28. The lowest BCUT2D eigenvalue weighted by molar-refractivity contribution is -0.125. The third kappa shape index (κ3) is 3.11. The molecular formula is C18H16N2O2. The zero-order chi connectivity index (χ0) is 15.4. The summed E-state index contributed by atoms with van der Waals surface area (Å²) in [5.74, 6) is -0.330. The van der Waals surface area contributed by atoms with E-state index in [1.165, 1.54) is 0 Å². The van der Waals surface area contributed by atoms with Crippen LogP contribution in [0.5, 0.6) is 0 Å². The maximum absolute atomic E-state index is 12.4. The van der Waals surface area contributed by atoms with Crippen LogP contribution in [-0.2, 0) is 4.79 Å². The Morgan fingerprint density at radius 1 is 1.18 bits per heavy atom. The molecule has 1 aliphatic rings. The molecule has 0 bridgehead atoms. The molecule has 1 fully saturated rings. The summed E-state index contributed by atoms with van der Waals surface area (Å²) < 4.78 is 0. The Morgan fingerprint density at radius 2 is 2.00 bits per heavy atom. The molecule has 1 amide bonds. The smallest absolute Gasteiger partial charge is 0.227 e. The van der Waals surface area contributed by atoms with Crippen LogP contribution < -0.4 is 0 Å². The third-order valence-electron chi connectivity index (χ3n) is 3.72. The Balaban J connectivity index is 1.68. The molecule has 0 radical (unpaired) electrons. The summed E-state index contributed by atoms with van der Waals surface area (Å²) in [5, 5.41) is 0. The lowest BCUT2D eigenvalue weighted by Gasteiger charge is -2.10. The number of likely N-dealkylation sites (tertiary alicyclic amines) is 1. The van der Waals surface area contributed by atoms with E-state index >= 15 is 0 Å². The van der Waals surface area contributed by atoms with Gasteiger partial charge >= 0.3 is 0 Å². The number of amides is 1. The monoisotopic (exact) mass is 292 g/mol. The van der Waals surface area contributed by atoms with Crippen LogP contribution in [0.1, 0.15) is 22.3 Å². The van der Waals surface area contributed by atoms with E-state index in [1.54, 1.807) is 35.6 Å². The van der Waals surface area contributed by atoms with Gasteiger partial charge in [-0.3, -0.25) is 14.6 Å². The first kappa shape index (κ1) is 14.2. The SMILES string of the molecule is O=C(c1cccnc1)[C@@H]1CC(=O)N(C=Cc2ccccc2)C1. The van der Waals surface area contributed by atoms with Crippen molar-refractivity contribution in [3.05, 3.63) is 72.2 Å². The van der Waals surface area contributed by atoms with Crippen molar-refractivity contribution in [3.8, 4) is 0 Å². The largest absolute Gasteiger partial charge is 0.318 e. The Labute approximate surface area is 129 Å². The van der Waals surface area contributed by atoms with E-state index in [2.05, 4.69) is 4.98 Å². The highest BCUT2D eigenvalue weighted by atomic mass is 16.2. The molecule has 0 unspecified atom stereocenters. The molecule has 110 valence electrons. The molecular weight excluding hydrogens is 276 g/mol. The maximum Gasteiger partial charge on any atom is 0.227 e. The second kappa shape index (κ2) is 6.35. The molecule has 0 spiro atoms. The van der Waals surface area contributed by atoms with Crippen LogP contribution in [0, 0.1) is 5.92 Å². The fraction of sp³-hybridized carbons (Fsp3) is 0.167. The van der Waals surface area contributed by atoms with Gasteiger partial charge in [0.25, 0.3) is 0 Å². The summed E-state index contributed by atoms with van der Waals surface area (Å²) in [7, 11) is 0. The van der Waals surface area contributed by atoms with Gasteiger partial charge in [0.1, 0.15) is 0 Å². The van der Waals surface area contributed by atoms with Crippen molar-refractivity contribution in [2.24, 2.45) is 5.92 Å². The lowest BCUT2D eigenvalue weighted by atomic mass is 9.98. The van der Waals surface area contributed by atoms with Crippen LogP contribution in [0.25, 0.3) is 6.08 Å². The van der Waals surface area contributed by atoms with E-state index in [-0.39, 0.29) is 24.0 Å². The summed E-state index contributed by atoms with van der Waals surface area (Å²) in [5.41, 5.74) is 1.59.